The largest absolute Gasteiger partial charge is 0.310 e. The SMILES string of the molecule is CCNC(Cc1ccc(F)cc1)c1ccncc1F. The highest BCUT2D eigenvalue weighted by atomic mass is 19.1. The molecule has 0 aliphatic carbocycles. The van der Waals surface area contributed by atoms with Gasteiger partial charge in [-0.3, -0.25) is 4.98 Å². The van der Waals surface area contributed by atoms with Crippen LogP contribution in [-0.2, 0) is 6.42 Å². The van der Waals surface area contributed by atoms with E-state index in [-0.39, 0.29) is 17.7 Å². The molecule has 1 N–H and O–H groups in total. The average molecular weight is 262 g/mol. The van der Waals surface area contributed by atoms with Gasteiger partial charge < -0.3 is 5.32 Å². The van der Waals surface area contributed by atoms with Gasteiger partial charge in [-0.05, 0) is 36.7 Å². The molecule has 0 aliphatic rings. The molecule has 100 valence electrons. The van der Waals surface area contributed by atoms with Crippen LogP contribution in [0.3, 0.4) is 0 Å². The Morgan fingerprint density at radius 3 is 2.53 bits per heavy atom. The van der Waals surface area contributed by atoms with Crippen LogP contribution in [-0.4, -0.2) is 11.5 Å². The Hall–Kier alpha value is -1.81. The van der Waals surface area contributed by atoms with Crippen molar-refractivity contribution in [1.82, 2.24) is 10.3 Å². The minimum absolute atomic E-state index is 0.140. The number of halogens is 2. The predicted octanol–water partition coefficient (Wildman–Crippen LogP) is 3.25. The lowest BCUT2D eigenvalue weighted by Crippen LogP contribution is -2.24. The van der Waals surface area contributed by atoms with E-state index in [1.165, 1.54) is 18.3 Å². The first kappa shape index (κ1) is 13.6. The van der Waals surface area contributed by atoms with Gasteiger partial charge in [0.1, 0.15) is 11.6 Å². The van der Waals surface area contributed by atoms with E-state index in [0.29, 0.717) is 12.0 Å². The third kappa shape index (κ3) is 3.58. The molecule has 1 unspecified atom stereocenters. The second-order valence-corrected chi connectivity index (χ2v) is 4.34. The molecule has 0 radical (unpaired) electrons. The molecule has 1 aromatic heterocycles. The summed E-state index contributed by atoms with van der Waals surface area (Å²) in [5, 5.41) is 3.24. The molecule has 0 bridgehead atoms. The van der Waals surface area contributed by atoms with E-state index in [1.807, 2.05) is 6.92 Å². The summed E-state index contributed by atoms with van der Waals surface area (Å²) >= 11 is 0. The summed E-state index contributed by atoms with van der Waals surface area (Å²) in [5.74, 6) is -0.589. The van der Waals surface area contributed by atoms with Gasteiger partial charge in [-0.1, -0.05) is 19.1 Å². The van der Waals surface area contributed by atoms with Crippen molar-refractivity contribution in [2.75, 3.05) is 6.54 Å². The van der Waals surface area contributed by atoms with E-state index in [2.05, 4.69) is 10.3 Å². The molecule has 1 aromatic carbocycles. The van der Waals surface area contributed by atoms with E-state index in [9.17, 15) is 8.78 Å². The van der Waals surface area contributed by atoms with Crippen molar-refractivity contribution < 1.29 is 8.78 Å². The Balaban J connectivity index is 2.21. The lowest BCUT2D eigenvalue weighted by molar-refractivity contribution is 0.507. The summed E-state index contributed by atoms with van der Waals surface area (Å²) in [7, 11) is 0. The van der Waals surface area contributed by atoms with Crippen LogP contribution in [0.25, 0.3) is 0 Å². The minimum atomic E-state index is -0.324. The van der Waals surface area contributed by atoms with Gasteiger partial charge in [0.2, 0.25) is 0 Å². The monoisotopic (exact) mass is 262 g/mol. The molecular weight excluding hydrogens is 246 g/mol. The average Bonchev–Trinajstić information content (AvgIpc) is 2.41. The van der Waals surface area contributed by atoms with Crippen molar-refractivity contribution in [3.05, 3.63) is 65.5 Å². The van der Waals surface area contributed by atoms with Gasteiger partial charge in [0.05, 0.1) is 6.20 Å². The van der Waals surface area contributed by atoms with Crippen LogP contribution in [0, 0.1) is 11.6 Å². The molecule has 0 aliphatic heterocycles. The fourth-order valence-electron chi connectivity index (χ4n) is 2.06. The normalized spacial score (nSPS) is 12.4. The van der Waals surface area contributed by atoms with Crippen LogP contribution >= 0.6 is 0 Å². The third-order valence-electron chi connectivity index (χ3n) is 2.98. The highest BCUT2D eigenvalue weighted by Gasteiger charge is 2.15. The Morgan fingerprint density at radius 2 is 1.89 bits per heavy atom. The van der Waals surface area contributed by atoms with Crippen LogP contribution in [0.4, 0.5) is 8.78 Å². The van der Waals surface area contributed by atoms with Gasteiger partial charge in [-0.2, -0.15) is 0 Å². The van der Waals surface area contributed by atoms with Crippen molar-refractivity contribution in [1.29, 1.82) is 0 Å². The maximum Gasteiger partial charge on any atom is 0.146 e. The molecule has 0 spiro atoms. The highest BCUT2D eigenvalue weighted by molar-refractivity contribution is 5.23. The number of likely N-dealkylation sites (N-methyl/N-ethyl adjacent to an activating group) is 1. The van der Waals surface area contributed by atoms with Gasteiger partial charge in [-0.15, -0.1) is 0 Å². The first-order chi connectivity index (χ1) is 9.20. The van der Waals surface area contributed by atoms with Gasteiger partial charge in [0.25, 0.3) is 0 Å². The first-order valence-corrected chi connectivity index (χ1v) is 6.28. The number of aromatic nitrogens is 1. The molecule has 2 rings (SSSR count). The van der Waals surface area contributed by atoms with Crippen LogP contribution in [0.15, 0.2) is 42.7 Å². The topological polar surface area (TPSA) is 24.9 Å². The Labute approximate surface area is 111 Å². The fraction of sp³-hybridized carbons (Fsp3) is 0.267. The standard InChI is InChI=1S/C15H16F2N2/c1-2-19-15(13-7-8-18-10-14(13)17)9-11-3-5-12(16)6-4-11/h3-8,10,15,19H,2,9H2,1H3. The zero-order valence-corrected chi connectivity index (χ0v) is 10.7. The predicted molar refractivity (Wildman–Crippen MR) is 70.7 cm³/mol. The molecule has 0 saturated heterocycles. The zero-order valence-electron chi connectivity index (χ0n) is 10.7. The second-order valence-electron chi connectivity index (χ2n) is 4.34. The summed E-state index contributed by atoms with van der Waals surface area (Å²) in [6.45, 7) is 2.70. The number of hydrogen-bond acceptors (Lipinski definition) is 2. The lowest BCUT2D eigenvalue weighted by atomic mass is 9.99. The molecule has 1 atom stereocenters. The van der Waals surface area contributed by atoms with E-state index in [0.717, 1.165) is 12.1 Å². The quantitative estimate of drug-likeness (QED) is 0.894. The van der Waals surface area contributed by atoms with Crippen molar-refractivity contribution in [3.63, 3.8) is 0 Å². The number of rotatable bonds is 5. The fourth-order valence-corrected chi connectivity index (χ4v) is 2.06. The number of pyridine rings is 1. The number of benzene rings is 1. The Bertz CT molecular complexity index is 526. The van der Waals surface area contributed by atoms with Crippen LogP contribution in [0.1, 0.15) is 24.1 Å². The summed E-state index contributed by atoms with van der Waals surface area (Å²) in [5.41, 5.74) is 1.55. The summed E-state index contributed by atoms with van der Waals surface area (Å²) in [6, 6.07) is 7.81. The second kappa shape index (κ2) is 6.38. The van der Waals surface area contributed by atoms with Gasteiger partial charge >= 0.3 is 0 Å². The first-order valence-electron chi connectivity index (χ1n) is 6.28. The minimum Gasteiger partial charge on any atom is -0.310 e. The molecule has 0 fully saturated rings. The number of nitrogens with one attached hydrogen (secondary N) is 1. The van der Waals surface area contributed by atoms with Crippen molar-refractivity contribution in [2.45, 2.75) is 19.4 Å². The van der Waals surface area contributed by atoms with Crippen LogP contribution in [0.5, 0.6) is 0 Å². The lowest BCUT2D eigenvalue weighted by Gasteiger charge is -2.19. The molecule has 0 amide bonds. The smallest absolute Gasteiger partial charge is 0.146 e. The third-order valence-corrected chi connectivity index (χ3v) is 2.98. The zero-order chi connectivity index (χ0) is 13.7. The van der Waals surface area contributed by atoms with Gasteiger partial charge in [0.15, 0.2) is 0 Å². The summed E-state index contributed by atoms with van der Waals surface area (Å²) in [4.78, 5) is 3.75. The Morgan fingerprint density at radius 1 is 1.16 bits per heavy atom. The molecule has 0 saturated carbocycles. The molecule has 1 heterocycles. The number of hydrogen-bond donors (Lipinski definition) is 1. The van der Waals surface area contributed by atoms with Crippen LogP contribution < -0.4 is 5.32 Å². The van der Waals surface area contributed by atoms with E-state index in [1.54, 1.807) is 24.4 Å². The molecule has 2 aromatic rings. The van der Waals surface area contributed by atoms with Gasteiger partial charge in [0, 0.05) is 17.8 Å². The van der Waals surface area contributed by atoms with Crippen LogP contribution in [0.2, 0.25) is 0 Å². The number of nitrogens with zero attached hydrogens (tertiary/aromatic N) is 1. The van der Waals surface area contributed by atoms with Crippen molar-refractivity contribution >= 4 is 0 Å². The highest BCUT2D eigenvalue weighted by Crippen LogP contribution is 2.20. The summed E-state index contributed by atoms with van der Waals surface area (Å²) in [6.07, 6.45) is 3.40. The van der Waals surface area contributed by atoms with E-state index < -0.39 is 0 Å². The van der Waals surface area contributed by atoms with E-state index >= 15 is 0 Å². The van der Waals surface area contributed by atoms with Crippen molar-refractivity contribution in [3.8, 4) is 0 Å². The van der Waals surface area contributed by atoms with Gasteiger partial charge in [-0.25, -0.2) is 8.78 Å². The molecule has 19 heavy (non-hydrogen) atoms. The van der Waals surface area contributed by atoms with E-state index in [4.69, 9.17) is 0 Å². The maximum absolute atomic E-state index is 13.8. The molecule has 2 nitrogen and oxygen atoms in total. The molecule has 4 heteroatoms. The molecular formula is C15H16F2N2. The van der Waals surface area contributed by atoms with Crippen molar-refractivity contribution in [2.24, 2.45) is 0 Å². The maximum atomic E-state index is 13.8. The Kier molecular flexibility index (Phi) is 4.58. The summed E-state index contributed by atoms with van der Waals surface area (Å²) < 4.78 is 26.6.